The fourth-order valence-corrected chi connectivity index (χ4v) is 7.22. The first kappa shape index (κ1) is 20.3. The van der Waals surface area contributed by atoms with Crippen LogP contribution in [0.15, 0.2) is 48.2 Å². The van der Waals surface area contributed by atoms with Gasteiger partial charge in [0.15, 0.2) is 0 Å². The van der Waals surface area contributed by atoms with Crippen molar-refractivity contribution in [3.05, 3.63) is 65.0 Å². The predicted octanol–water partition coefficient (Wildman–Crippen LogP) is 4.72. The molecule has 1 amide bonds. The van der Waals surface area contributed by atoms with Gasteiger partial charge in [-0.3, -0.25) is 9.69 Å². The van der Waals surface area contributed by atoms with Gasteiger partial charge >= 0.3 is 0 Å². The lowest BCUT2D eigenvalue weighted by molar-refractivity contribution is -0.145. The van der Waals surface area contributed by atoms with E-state index in [1.165, 1.54) is 49.9 Å². The van der Waals surface area contributed by atoms with Gasteiger partial charge in [-0.15, -0.1) is 0 Å². The number of hydrogen-bond acceptors (Lipinski definition) is 2. The lowest BCUT2D eigenvalue weighted by atomic mass is 9.67. The van der Waals surface area contributed by atoms with Gasteiger partial charge in [-0.2, -0.15) is 0 Å². The third kappa shape index (κ3) is 3.53. The molecular weight excluding hydrogens is 394 g/mol. The third-order valence-corrected chi connectivity index (χ3v) is 8.54. The van der Waals surface area contributed by atoms with Gasteiger partial charge < -0.3 is 9.47 Å². The number of amides is 1. The van der Waals surface area contributed by atoms with Crippen molar-refractivity contribution in [1.82, 2.24) is 14.4 Å². The van der Waals surface area contributed by atoms with E-state index in [4.69, 9.17) is 0 Å². The Morgan fingerprint density at radius 2 is 1.94 bits per heavy atom. The summed E-state index contributed by atoms with van der Waals surface area (Å²) in [5.74, 6) is 1.68. The van der Waals surface area contributed by atoms with Crippen LogP contribution in [0.2, 0.25) is 0 Å². The molecule has 0 saturated carbocycles. The second-order valence-corrected chi connectivity index (χ2v) is 10.5. The second-order valence-electron chi connectivity index (χ2n) is 10.5. The van der Waals surface area contributed by atoms with E-state index in [0.29, 0.717) is 23.8 Å². The minimum atomic E-state index is 0.311. The summed E-state index contributed by atoms with van der Waals surface area (Å²) in [5, 5.41) is 0. The van der Waals surface area contributed by atoms with E-state index in [9.17, 15) is 4.79 Å². The van der Waals surface area contributed by atoms with Gasteiger partial charge in [-0.25, -0.2) is 0 Å². The molecule has 4 heteroatoms. The fraction of sp³-hybridized carbons (Fsp3) is 0.536. The number of aryl methyl sites for hydroxylation is 1. The SMILES string of the molecule is Cc1cccc(Cn2cccc2/C=C2\CC[C@@H]3[C@H]4CCCN5CCC[C@H](CN3C2=O)[C@@H]45)c1. The van der Waals surface area contributed by atoms with Crippen LogP contribution < -0.4 is 0 Å². The summed E-state index contributed by atoms with van der Waals surface area (Å²) in [6, 6.07) is 14.1. The molecule has 4 aliphatic heterocycles. The second kappa shape index (κ2) is 8.22. The Bertz CT molecular complexity index is 1030. The van der Waals surface area contributed by atoms with Crippen LogP contribution >= 0.6 is 0 Å². The number of fused-ring (bicyclic) bond motifs is 2. The van der Waals surface area contributed by atoms with Gasteiger partial charge in [0.05, 0.1) is 0 Å². The van der Waals surface area contributed by atoms with E-state index in [1.807, 2.05) is 0 Å². The molecule has 0 radical (unpaired) electrons. The van der Waals surface area contributed by atoms with Crippen molar-refractivity contribution in [3.8, 4) is 0 Å². The Morgan fingerprint density at radius 1 is 1.06 bits per heavy atom. The molecule has 4 atom stereocenters. The van der Waals surface area contributed by atoms with Crippen molar-refractivity contribution in [2.45, 2.75) is 64.1 Å². The molecular formula is C28H35N3O. The highest BCUT2D eigenvalue weighted by atomic mass is 16.2. The zero-order valence-corrected chi connectivity index (χ0v) is 19.2. The molecule has 4 aliphatic rings. The summed E-state index contributed by atoms with van der Waals surface area (Å²) in [5.41, 5.74) is 4.74. The van der Waals surface area contributed by atoms with Gasteiger partial charge in [-0.05, 0) is 94.1 Å². The van der Waals surface area contributed by atoms with Gasteiger partial charge in [-0.1, -0.05) is 29.8 Å². The van der Waals surface area contributed by atoms with Crippen LogP contribution in [0.4, 0.5) is 0 Å². The van der Waals surface area contributed by atoms with Crippen LogP contribution in [0, 0.1) is 18.8 Å². The summed E-state index contributed by atoms with van der Waals surface area (Å²) >= 11 is 0. The minimum Gasteiger partial charge on any atom is -0.344 e. The molecule has 4 fully saturated rings. The molecule has 0 spiro atoms. The van der Waals surface area contributed by atoms with Crippen LogP contribution in [-0.4, -0.2) is 52.0 Å². The number of benzene rings is 1. The monoisotopic (exact) mass is 429 g/mol. The Kier molecular flexibility index (Phi) is 5.21. The van der Waals surface area contributed by atoms with Crippen molar-refractivity contribution >= 4 is 12.0 Å². The highest BCUT2D eigenvalue weighted by Gasteiger charge is 2.51. The van der Waals surface area contributed by atoms with E-state index in [-0.39, 0.29) is 0 Å². The minimum absolute atomic E-state index is 0.311. The van der Waals surface area contributed by atoms with E-state index < -0.39 is 0 Å². The predicted molar refractivity (Wildman–Crippen MR) is 128 cm³/mol. The molecule has 32 heavy (non-hydrogen) atoms. The van der Waals surface area contributed by atoms with Gasteiger partial charge in [0.1, 0.15) is 0 Å². The van der Waals surface area contributed by atoms with Crippen molar-refractivity contribution in [2.24, 2.45) is 11.8 Å². The van der Waals surface area contributed by atoms with Gasteiger partial charge in [0.25, 0.3) is 0 Å². The quantitative estimate of drug-likeness (QED) is 0.661. The number of nitrogens with zero attached hydrogens (tertiary/aromatic N) is 3. The van der Waals surface area contributed by atoms with E-state index in [2.05, 4.69) is 70.0 Å². The lowest BCUT2D eigenvalue weighted by Crippen LogP contribution is -2.66. The first-order chi connectivity index (χ1) is 15.7. The summed E-state index contributed by atoms with van der Waals surface area (Å²) < 4.78 is 2.27. The molecule has 0 bridgehead atoms. The van der Waals surface area contributed by atoms with E-state index >= 15 is 0 Å². The Balaban J connectivity index is 1.24. The zero-order chi connectivity index (χ0) is 21.7. The first-order valence-corrected chi connectivity index (χ1v) is 12.6. The molecule has 0 aliphatic carbocycles. The molecule has 4 nitrogen and oxygen atoms in total. The number of rotatable bonds is 3. The van der Waals surface area contributed by atoms with Crippen molar-refractivity contribution in [2.75, 3.05) is 19.6 Å². The molecule has 5 heterocycles. The van der Waals surface area contributed by atoms with Crippen molar-refractivity contribution < 1.29 is 4.79 Å². The Labute approximate surface area is 191 Å². The number of carbonyl (C=O) groups is 1. The molecule has 0 N–H and O–H groups in total. The topological polar surface area (TPSA) is 28.5 Å². The van der Waals surface area contributed by atoms with Crippen LogP contribution in [0.3, 0.4) is 0 Å². The van der Waals surface area contributed by atoms with Crippen molar-refractivity contribution in [1.29, 1.82) is 0 Å². The highest BCUT2D eigenvalue weighted by molar-refractivity contribution is 5.98. The fourth-order valence-electron chi connectivity index (χ4n) is 7.22. The third-order valence-electron chi connectivity index (χ3n) is 8.54. The summed E-state index contributed by atoms with van der Waals surface area (Å²) in [7, 11) is 0. The Hall–Kier alpha value is -2.33. The van der Waals surface area contributed by atoms with Gasteiger partial charge in [0.2, 0.25) is 5.91 Å². The maximum Gasteiger partial charge on any atom is 0.250 e. The lowest BCUT2D eigenvalue weighted by Gasteiger charge is -2.58. The summed E-state index contributed by atoms with van der Waals surface area (Å²) in [6.07, 6.45) is 11.6. The molecule has 1 aromatic carbocycles. The molecule has 6 rings (SSSR count). The van der Waals surface area contributed by atoms with Crippen LogP contribution in [-0.2, 0) is 11.3 Å². The number of carbonyl (C=O) groups excluding carboxylic acids is 1. The smallest absolute Gasteiger partial charge is 0.250 e. The van der Waals surface area contributed by atoms with Crippen LogP contribution in [0.1, 0.15) is 55.3 Å². The number of aromatic nitrogens is 1. The van der Waals surface area contributed by atoms with E-state index in [1.54, 1.807) is 0 Å². The molecule has 1 aromatic heterocycles. The maximum atomic E-state index is 13.7. The normalized spacial score (nSPS) is 31.5. The zero-order valence-electron chi connectivity index (χ0n) is 19.2. The van der Waals surface area contributed by atoms with Gasteiger partial charge in [0, 0.05) is 42.6 Å². The van der Waals surface area contributed by atoms with E-state index in [0.717, 1.165) is 43.2 Å². The number of hydrogen-bond donors (Lipinski definition) is 0. The van der Waals surface area contributed by atoms with Crippen LogP contribution in [0.25, 0.3) is 6.08 Å². The average Bonchev–Trinajstić information content (AvgIpc) is 3.23. The average molecular weight is 430 g/mol. The molecule has 168 valence electrons. The van der Waals surface area contributed by atoms with Crippen LogP contribution in [0.5, 0.6) is 0 Å². The molecule has 0 unspecified atom stereocenters. The molecule has 4 saturated heterocycles. The number of piperidine rings is 4. The Morgan fingerprint density at radius 3 is 2.81 bits per heavy atom. The largest absolute Gasteiger partial charge is 0.344 e. The van der Waals surface area contributed by atoms with Crippen molar-refractivity contribution in [3.63, 3.8) is 0 Å². The first-order valence-electron chi connectivity index (χ1n) is 12.6. The summed E-state index contributed by atoms with van der Waals surface area (Å²) in [6.45, 7) is 6.52. The maximum absolute atomic E-state index is 13.7. The molecule has 2 aromatic rings. The summed E-state index contributed by atoms with van der Waals surface area (Å²) in [4.78, 5) is 18.7. The standard InChI is InChI=1S/C28H35N3O/c1-20-6-2-7-21(16-20)18-30-15-4-9-24(30)17-22-11-12-26-25-10-5-14-29-13-3-8-23(27(25)29)19-31(26)28(22)32/h2,4,6-7,9,15-17,23,25-27H,3,5,8,10-14,18-19H2,1H3/b22-17+/t23-,25-,26-,27+/m1/s1. The highest BCUT2D eigenvalue weighted by Crippen LogP contribution is 2.45.